The summed E-state index contributed by atoms with van der Waals surface area (Å²) in [4.78, 5) is 11.1. The van der Waals surface area contributed by atoms with Gasteiger partial charge in [-0.2, -0.15) is 0 Å². The van der Waals surface area contributed by atoms with Gasteiger partial charge in [-0.05, 0) is 25.3 Å². The number of hydrogen-bond acceptors (Lipinski definition) is 1. The molecule has 14 heavy (non-hydrogen) atoms. The first-order valence-corrected chi connectivity index (χ1v) is 4.86. The number of benzene rings is 1. The summed E-state index contributed by atoms with van der Waals surface area (Å²) in [6, 6.07) is 9.88. The zero-order valence-electron chi connectivity index (χ0n) is 8.57. The third-order valence-electron chi connectivity index (χ3n) is 2.56. The van der Waals surface area contributed by atoms with Crippen molar-refractivity contribution in [3.05, 3.63) is 48.6 Å². The predicted octanol–water partition coefficient (Wildman–Crippen LogP) is 3.11. The lowest BCUT2D eigenvalue weighted by atomic mass is 9.80. The Hall–Kier alpha value is -1.37. The molecule has 0 saturated heterocycles. The molecule has 1 aromatic rings. The molecule has 0 bridgehead atoms. The van der Waals surface area contributed by atoms with E-state index >= 15 is 0 Å². The van der Waals surface area contributed by atoms with E-state index < -0.39 is 0 Å². The van der Waals surface area contributed by atoms with Crippen LogP contribution < -0.4 is 0 Å². The highest BCUT2D eigenvalue weighted by molar-refractivity contribution is 5.67. The van der Waals surface area contributed by atoms with Crippen LogP contribution in [0.25, 0.3) is 0 Å². The van der Waals surface area contributed by atoms with Gasteiger partial charge in [0.1, 0.15) is 6.29 Å². The molecule has 0 aliphatic heterocycles. The smallest absolute Gasteiger partial charge is 0.130 e. The van der Waals surface area contributed by atoms with Gasteiger partial charge >= 0.3 is 0 Å². The topological polar surface area (TPSA) is 17.1 Å². The number of hydrogen-bond donors (Lipinski definition) is 0. The number of aldehydes is 1. The molecular formula is C13H16O. The Kier molecular flexibility index (Phi) is 3.63. The van der Waals surface area contributed by atoms with E-state index in [0.29, 0.717) is 0 Å². The minimum atomic E-state index is -0.366. The summed E-state index contributed by atoms with van der Waals surface area (Å²) in [7, 11) is 0. The Morgan fingerprint density at radius 3 is 2.50 bits per heavy atom. The van der Waals surface area contributed by atoms with E-state index in [4.69, 9.17) is 0 Å². The fourth-order valence-corrected chi connectivity index (χ4v) is 1.49. The third kappa shape index (κ3) is 2.32. The van der Waals surface area contributed by atoms with E-state index in [2.05, 4.69) is 6.58 Å². The minimum Gasteiger partial charge on any atom is -0.302 e. The maximum Gasteiger partial charge on any atom is 0.130 e. The molecule has 74 valence electrons. The van der Waals surface area contributed by atoms with E-state index in [1.807, 2.05) is 43.3 Å². The van der Waals surface area contributed by atoms with Crippen LogP contribution in [-0.2, 0) is 10.2 Å². The highest BCUT2D eigenvalue weighted by Crippen LogP contribution is 2.26. The van der Waals surface area contributed by atoms with E-state index in [-0.39, 0.29) is 5.41 Å². The number of carbonyl (C=O) groups is 1. The van der Waals surface area contributed by atoms with Crippen LogP contribution in [-0.4, -0.2) is 6.29 Å². The zero-order valence-corrected chi connectivity index (χ0v) is 8.57. The van der Waals surface area contributed by atoms with Gasteiger partial charge < -0.3 is 4.79 Å². The lowest BCUT2D eigenvalue weighted by molar-refractivity contribution is -0.112. The van der Waals surface area contributed by atoms with Crippen molar-refractivity contribution in [1.82, 2.24) is 0 Å². The fourth-order valence-electron chi connectivity index (χ4n) is 1.49. The lowest BCUT2D eigenvalue weighted by Gasteiger charge is -2.22. The van der Waals surface area contributed by atoms with Crippen molar-refractivity contribution in [2.45, 2.75) is 25.2 Å². The van der Waals surface area contributed by atoms with Crippen molar-refractivity contribution < 1.29 is 4.79 Å². The molecule has 0 spiro atoms. The van der Waals surface area contributed by atoms with Gasteiger partial charge in [0.2, 0.25) is 0 Å². The van der Waals surface area contributed by atoms with Crippen LogP contribution in [0.4, 0.5) is 0 Å². The summed E-state index contributed by atoms with van der Waals surface area (Å²) in [5.41, 5.74) is 0.715. The molecule has 0 aliphatic carbocycles. The first-order valence-electron chi connectivity index (χ1n) is 4.86. The molecule has 0 fully saturated rings. The number of carbonyl (C=O) groups excluding carboxylic acids is 1. The molecule has 1 atom stereocenters. The normalized spacial score (nSPS) is 14.4. The molecule has 0 saturated carbocycles. The Morgan fingerprint density at radius 2 is 2.00 bits per heavy atom. The van der Waals surface area contributed by atoms with Gasteiger partial charge in [0.05, 0.1) is 0 Å². The van der Waals surface area contributed by atoms with Gasteiger partial charge in [-0.25, -0.2) is 0 Å². The summed E-state index contributed by atoms with van der Waals surface area (Å²) in [6.45, 7) is 5.65. The molecular weight excluding hydrogens is 172 g/mol. The summed E-state index contributed by atoms with van der Waals surface area (Å²) in [6.07, 6.45) is 4.57. The van der Waals surface area contributed by atoms with Crippen molar-refractivity contribution in [3.63, 3.8) is 0 Å². The van der Waals surface area contributed by atoms with Gasteiger partial charge in [0.25, 0.3) is 0 Å². The van der Waals surface area contributed by atoms with Crippen LogP contribution in [0.2, 0.25) is 0 Å². The summed E-state index contributed by atoms with van der Waals surface area (Å²) < 4.78 is 0. The summed E-state index contributed by atoms with van der Waals surface area (Å²) in [5.74, 6) is 0. The summed E-state index contributed by atoms with van der Waals surface area (Å²) in [5, 5.41) is 0. The molecule has 1 aromatic carbocycles. The third-order valence-corrected chi connectivity index (χ3v) is 2.56. The number of allylic oxidation sites excluding steroid dienone is 1. The van der Waals surface area contributed by atoms with Gasteiger partial charge in [-0.1, -0.05) is 36.4 Å². The molecule has 0 radical (unpaired) electrons. The second-order valence-electron chi connectivity index (χ2n) is 3.73. The highest BCUT2D eigenvalue weighted by atomic mass is 16.1. The molecule has 0 aliphatic rings. The highest BCUT2D eigenvalue weighted by Gasteiger charge is 2.24. The van der Waals surface area contributed by atoms with Gasteiger partial charge in [-0.15, -0.1) is 6.58 Å². The molecule has 0 amide bonds. The van der Waals surface area contributed by atoms with Crippen molar-refractivity contribution >= 4 is 6.29 Å². The van der Waals surface area contributed by atoms with Crippen molar-refractivity contribution in [2.24, 2.45) is 0 Å². The average molecular weight is 188 g/mol. The molecule has 0 N–H and O–H groups in total. The molecule has 0 heterocycles. The van der Waals surface area contributed by atoms with Crippen LogP contribution in [0.3, 0.4) is 0 Å². The fraction of sp³-hybridized carbons (Fsp3) is 0.308. The van der Waals surface area contributed by atoms with Crippen LogP contribution in [0, 0.1) is 0 Å². The molecule has 1 nitrogen and oxygen atoms in total. The Labute approximate surface area is 85.5 Å². The van der Waals surface area contributed by atoms with Crippen molar-refractivity contribution in [1.29, 1.82) is 0 Å². The van der Waals surface area contributed by atoms with Crippen molar-refractivity contribution in [3.8, 4) is 0 Å². The number of rotatable bonds is 5. The Bertz CT molecular complexity index is 302. The molecule has 1 heteroatoms. The lowest BCUT2D eigenvalue weighted by Crippen LogP contribution is -2.23. The summed E-state index contributed by atoms with van der Waals surface area (Å²) >= 11 is 0. The first kappa shape index (κ1) is 10.7. The minimum absolute atomic E-state index is 0.366. The Balaban J connectivity index is 2.89. The van der Waals surface area contributed by atoms with E-state index in [0.717, 1.165) is 24.7 Å². The largest absolute Gasteiger partial charge is 0.302 e. The SMILES string of the molecule is C=CCCC(C)(C=O)c1ccccc1. The first-order chi connectivity index (χ1) is 6.73. The zero-order chi connectivity index (χ0) is 10.4. The average Bonchev–Trinajstić information content (AvgIpc) is 2.27. The van der Waals surface area contributed by atoms with E-state index in [1.54, 1.807) is 0 Å². The van der Waals surface area contributed by atoms with Crippen LogP contribution in [0.15, 0.2) is 43.0 Å². The van der Waals surface area contributed by atoms with Crippen LogP contribution in [0.1, 0.15) is 25.3 Å². The van der Waals surface area contributed by atoms with E-state index in [1.165, 1.54) is 0 Å². The Morgan fingerprint density at radius 1 is 1.36 bits per heavy atom. The van der Waals surface area contributed by atoms with Gasteiger partial charge in [-0.3, -0.25) is 0 Å². The molecule has 1 unspecified atom stereocenters. The quantitative estimate of drug-likeness (QED) is 0.512. The van der Waals surface area contributed by atoms with Crippen molar-refractivity contribution in [2.75, 3.05) is 0 Å². The van der Waals surface area contributed by atoms with Crippen LogP contribution in [0.5, 0.6) is 0 Å². The molecule has 0 aromatic heterocycles. The van der Waals surface area contributed by atoms with Gasteiger partial charge in [0.15, 0.2) is 0 Å². The second-order valence-corrected chi connectivity index (χ2v) is 3.73. The maximum atomic E-state index is 11.1. The monoisotopic (exact) mass is 188 g/mol. The second kappa shape index (κ2) is 4.75. The molecule has 1 rings (SSSR count). The standard InChI is InChI=1S/C13H16O/c1-3-4-10-13(2,11-14)12-8-6-5-7-9-12/h3,5-9,11H,1,4,10H2,2H3. The van der Waals surface area contributed by atoms with Crippen LogP contribution >= 0.6 is 0 Å². The predicted molar refractivity (Wildman–Crippen MR) is 59.3 cm³/mol. The van der Waals surface area contributed by atoms with Gasteiger partial charge in [0, 0.05) is 5.41 Å². The maximum absolute atomic E-state index is 11.1. The van der Waals surface area contributed by atoms with E-state index in [9.17, 15) is 4.79 Å².